The number of nitrogens with zero attached hydrogens (tertiary/aromatic N) is 1. The van der Waals surface area contributed by atoms with E-state index in [1.54, 1.807) is 6.92 Å². The Hall–Kier alpha value is -0.880. The molecule has 1 aliphatic carbocycles. The molecule has 1 rings (SSSR count). The topological polar surface area (TPSA) is 61.1 Å². The Kier molecular flexibility index (Phi) is 4.47. The molecule has 0 aromatic heterocycles. The summed E-state index contributed by atoms with van der Waals surface area (Å²) in [5.74, 6) is -0.248. The Morgan fingerprint density at radius 2 is 1.79 bits per heavy atom. The van der Waals surface area contributed by atoms with Crippen LogP contribution in [0.4, 0.5) is 0 Å². The first-order chi connectivity index (χ1) is 8.76. The van der Waals surface area contributed by atoms with Gasteiger partial charge in [0.2, 0.25) is 0 Å². The van der Waals surface area contributed by atoms with Crippen molar-refractivity contribution >= 4 is 5.78 Å². The number of hydrogen-bond acceptors (Lipinski definition) is 3. The fourth-order valence-corrected chi connectivity index (χ4v) is 3.63. The second-order valence-corrected chi connectivity index (χ2v) is 6.33. The summed E-state index contributed by atoms with van der Waals surface area (Å²) in [4.78, 5) is 13.1. The van der Waals surface area contributed by atoms with E-state index in [0.717, 1.165) is 19.3 Å². The highest BCUT2D eigenvalue weighted by Gasteiger charge is 2.59. The average molecular weight is 265 g/mol. The molecule has 19 heavy (non-hydrogen) atoms. The first-order valence-corrected chi connectivity index (χ1v) is 7.45. The Morgan fingerprint density at radius 3 is 2.05 bits per heavy atom. The fraction of sp³-hybridized carbons (Fsp3) is 0.875. The van der Waals surface area contributed by atoms with Crippen molar-refractivity contribution in [2.45, 2.75) is 72.3 Å². The molecule has 1 aliphatic rings. The molecule has 0 amide bonds. The molecule has 0 bridgehead atoms. The smallest absolute Gasteiger partial charge is 0.159 e. The number of rotatable bonds is 5. The summed E-state index contributed by atoms with van der Waals surface area (Å²) in [6.45, 7) is 9.66. The van der Waals surface area contributed by atoms with Crippen LogP contribution >= 0.6 is 0 Å². The van der Waals surface area contributed by atoms with Crippen molar-refractivity contribution in [2.24, 2.45) is 16.7 Å². The maximum Gasteiger partial charge on any atom is 0.159 e. The van der Waals surface area contributed by atoms with Crippen LogP contribution in [0.2, 0.25) is 0 Å². The van der Waals surface area contributed by atoms with E-state index in [9.17, 15) is 15.2 Å². The number of ketones is 1. The summed E-state index contributed by atoms with van der Waals surface area (Å²) in [6, 6.07) is 2.28. The van der Waals surface area contributed by atoms with Gasteiger partial charge in [-0.2, -0.15) is 5.26 Å². The number of carbonyl (C=O) groups is 1. The normalized spacial score (nSPS) is 35.1. The molecule has 1 saturated carbocycles. The lowest BCUT2D eigenvalue weighted by Crippen LogP contribution is -2.47. The summed E-state index contributed by atoms with van der Waals surface area (Å²) in [5, 5.41) is 20.0. The van der Waals surface area contributed by atoms with Crippen LogP contribution in [0.25, 0.3) is 0 Å². The maximum absolute atomic E-state index is 13.1. The molecule has 1 fully saturated rings. The van der Waals surface area contributed by atoms with Crippen molar-refractivity contribution in [3.63, 3.8) is 0 Å². The second-order valence-electron chi connectivity index (χ2n) is 6.33. The molecule has 108 valence electrons. The Morgan fingerprint density at radius 1 is 1.32 bits per heavy atom. The zero-order valence-electron chi connectivity index (χ0n) is 12.9. The minimum Gasteiger partial charge on any atom is -0.390 e. The SMILES string of the molecule is CCC(CC)(CC)C(=O)[C@]1(C#N)CC[C@@](C)(O)[C@H]1C. The average Bonchev–Trinajstić information content (AvgIpc) is 2.65. The van der Waals surface area contributed by atoms with Gasteiger partial charge in [0, 0.05) is 11.3 Å². The number of carbonyl (C=O) groups excluding carboxylic acids is 1. The van der Waals surface area contributed by atoms with Gasteiger partial charge in [0.1, 0.15) is 5.41 Å². The van der Waals surface area contributed by atoms with Crippen LogP contribution in [0, 0.1) is 28.1 Å². The first kappa shape index (κ1) is 16.2. The minimum atomic E-state index is -1.01. The lowest BCUT2D eigenvalue weighted by atomic mass is 9.62. The third-order valence-corrected chi connectivity index (χ3v) is 5.81. The summed E-state index contributed by atoms with van der Waals surface area (Å²) in [6.07, 6.45) is 3.30. The van der Waals surface area contributed by atoms with Crippen molar-refractivity contribution in [1.82, 2.24) is 0 Å². The molecule has 0 radical (unpaired) electrons. The molecular weight excluding hydrogens is 238 g/mol. The van der Waals surface area contributed by atoms with Gasteiger partial charge in [-0.1, -0.05) is 27.7 Å². The van der Waals surface area contributed by atoms with Gasteiger partial charge >= 0.3 is 0 Å². The Labute approximate surface area is 117 Å². The van der Waals surface area contributed by atoms with Crippen LogP contribution in [-0.2, 0) is 4.79 Å². The predicted octanol–water partition coefficient (Wildman–Crippen LogP) is 3.46. The molecule has 0 unspecified atom stereocenters. The minimum absolute atomic E-state index is 0.0558. The van der Waals surface area contributed by atoms with Crippen LogP contribution in [-0.4, -0.2) is 16.5 Å². The van der Waals surface area contributed by atoms with Crippen LogP contribution in [0.5, 0.6) is 0 Å². The van der Waals surface area contributed by atoms with Crippen LogP contribution < -0.4 is 0 Å². The highest BCUT2D eigenvalue weighted by molar-refractivity contribution is 5.93. The highest BCUT2D eigenvalue weighted by Crippen LogP contribution is 2.53. The zero-order valence-corrected chi connectivity index (χ0v) is 12.9. The zero-order chi connectivity index (χ0) is 14.9. The largest absolute Gasteiger partial charge is 0.390 e. The molecule has 0 aromatic rings. The van der Waals surface area contributed by atoms with Gasteiger partial charge in [-0.25, -0.2) is 0 Å². The van der Waals surface area contributed by atoms with Crippen LogP contribution in [0.15, 0.2) is 0 Å². The van der Waals surface area contributed by atoms with E-state index in [0.29, 0.717) is 12.8 Å². The molecular formula is C16H27NO2. The molecule has 0 heterocycles. The summed E-state index contributed by atoms with van der Waals surface area (Å²) >= 11 is 0. The molecule has 3 nitrogen and oxygen atoms in total. The summed E-state index contributed by atoms with van der Waals surface area (Å²) < 4.78 is 0. The lowest BCUT2D eigenvalue weighted by molar-refractivity contribution is -0.140. The third-order valence-electron chi connectivity index (χ3n) is 5.81. The second kappa shape index (κ2) is 5.25. The van der Waals surface area contributed by atoms with Crippen molar-refractivity contribution < 1.29 is 9.90 Å². The summed E-state index contributed by atoms with van der Waals surface area (Å²) in [7, 11) is 0. The van der Waals surface area contributed by atoms with Gasteiger partial charge in [-0.3, -0.25) is 4.79 Å². The molecule has 3 atom stereocenters. The van der Waals surface area contributed by atoms with E-state index in [4.69, 9.17) is 0 Å². The molecule has 0 aromatic carbocycles. The van der Waals surface area contributed by atoms with E-state index >= 15 is 0 Å². The summed E-state index contributed by atoms with van der Waals surface area (Å²) in [5.41, 5.74) is -2.33. The van der Waals surface area contributed by atoms with E-state index in [2.05, 4.69) is 6.07 Å². The molecule has 0 spiro atoms. The molecule has 1 N–H and O–H groups in total. The molecule has 0 saturated heterocycles. The molecule has 0 aliphatic heterocycles. The first-order valence-electron chi connectivity index (χ1n) is 7.45. The fourth-order valence-electron chi connectivity index (χ4n) is 3.63. The van der Waals surface area contributed by atoms with Gasteiger partial charge in [0.25, 0.3) is 0 Å². The van der Waals surface area contributed by atoms with Crippen LogP contribution in [0.3, 0.4) is 0 Å². The highest BCUT2D eigenvalue weighted by atomic mass is 16.3. The Bertz CT molecular complexity index is 382. The van der Waals surface area contributed by atoms with E-state index in [1.807, 2.05) is 27.7 Å². The quantitative estimate of drug-likeness (QED) is 0.828. The number of nitriles is 1. The number of hydrogen-bond donors (Lipinski definition) is 1. The lowest BCUT2D eigenvalue weighted by Gasteiger charge is -2.39. The predicted molar refractivity (Wildman–Crippen MR) is 75.4 cm³/mol. The van der Waals surface area contributed by atoms with Gasteiger partial charge in [0.05, 0.1) is 11.7 Å². The van der Waals surface area contributed by atoms with Gasteiger partial charge in [0.15, 0.2) is 5.78 Å². The number of aliphatic hydroxyl groups is 1. The van der Waals surface area contributed by atoms with Crippen LogP contribution in [0.1, 0.15) is 66.7 Å². The van der Waals surface area contributed by atoms with Crippen molar-refractivity contribution in [2.75, 3.05) is 0 Å². The monoisotopic (exact) mass is 265 g/mol. The van der Waals surface area contributed by atoms with Gasteiger partial charge < -0.3 is 5.11 Å². The van der Waals surface area contributed by atoms with Gasteiger partial charge in [-0.05, 0) is 39.0 Å². The van der Waals surface area contributed by atoms with E-state index in [1.165, 1.54) is 0 Å². The number of Topliss-reactive ketones (excluding diaryl/α,β-unsaturated/α-hetero) is 1. The Balaban J connectivity index is 3.26. The van der Waals surface area contributed by atoms with Crippen molar-refractivity contribution in [1.29, 1.82) is 5.26 Å². The maximum atomic E-state index is 13.1. The molecule has 3 heteroatoms. The van der Waals surface area contributed by atoms with Gasteiger partial charge in [-0.15, -0.1) is 0 Å². The van der Waals surface area contributed by atoms with E-state index in [-0.39, 0.29) is 11.7 Å². The van der Waals surface area contributed by atoms with E-state index < -0.39 is 16.4 Å². The standard InChI is InChI=1S/C16H27NO2/c1-6-15(7-2,8-3)13(18)16(11-17)10-9-14(5,19)12(16)4/h12,19H,6-10H2,1-5H3/t12-,14-,16+/m1/s1. The van der Waals surface area contributed by atoms with Crippen molar-refractivity contribution in [3.8, 4) is 6.07 Å². The third kappa shape index (κ3) is 2.21. The van der Waals surface area contributed by atoms with Crippen molar-refractivity contribution in [3.05, 3.63) is 0 Å².